The highest BCUT2D eigenvalue weighted by Crippen LogP contribution is 2.30. The predicted molar refractivity (Wildman–Crippen MR) is 53.5 cm³/mol. The van der Waals surface area contributed by atoms with Gasteiger partial charge in [0.05, 0.1) is 16.3 Å². The smallest absolute Gasteiger partial charge is 0.399 e. The zero-order valence-electron chi connectivity index (χ0n) is 8.25. The maximum Gasteiger partial charge on any atom is 0.417 e. The Balaban J connectivity index is 2.88. The number of hydrogen-bond donors (Lipinski definition) is 0. The van der Waals surface area contributed by atoms with E-state index in [9.17, 15) is 13.2 Å². The molecule has 1 aromatic rings. The Labute approximate surface area is 94.9 Å². The molecule has 1 aromatic heterocycles. The van der Waals surface area contributed by atoms with Gasteiger partial charge in [-0.1, -0.05) is 16.8 Å². The van der Waals surface area contributed by atoms with Crippen LogP contribution in [0.4, 0.5) is 13.2 Å². The van der Waals surface area contributed by atoms with E-state index in [-0.39, 0.29) is 11.4 Å². The summed E-state index contributed by atoms with van der Waals surface area (Å²) in [4.78, 5) is 8.02. The second-order valence-corrected chi connectivity index (χ2v) is 3.23. The fourth-order valence-corrected chi connectivity index (χ4v) is 1.21. The number of alkyl halides is 3. The maximum absolute atomic E-state index is 12.3. The molecular formula is C9H8ClF3N2O. The Bertz CT molecular complexity index is 393. The van der Waals surface area contributed by atoms with Crippen molar-refractivity contribution in [1.82, 2.24) is 4.98 Å². The normalized spacial score (nSPS) is 12.1. The van der Waals surface area contributed by atoms with Gasteiger partial charge in [0.1, 0.15) is 7.11 Å². The van der Waals surface area contributed by atoms with Crippen LogP contribution in [0.15, 0.2) is 17.4 Å². The molecule has 0 aromatic carbocycles. The van der Waals surface area contributed by atoms with E-state index in [1.54, 1.807) is 0 Å². The molecule has 0 fully saturated rings. The molecule has 0 amide bonds. The van der Waals surface area contributed by atoms with Gasteiger partial charge in [-0.25, -0.2) is 0 Å². The van der Waals surface area contributed by atoms with E-state index in [0.29, 0.717) is 5.69 Å². The van der Waals surface area contributed by atoms with E-state index in [1.807, 2.05) is 0 Å². The Morgan fingerprint density at radius 1 is 1.56 bits per heavy atom. The summed E-state index contributed by atoms with van der Waals surface area (Å²) < 4.78 is 36.8. The molecule has 7 heteroatoms. The van der Waals surface area contributed by atoms with Crippen LogP contribution in [0, 0.1) is 0 Å². The van der Waals surface area contributed by atoms with Gasteiger partial charge in [-0.2, -0.15) is 13.2 Å². The highest BCUT2D eigenvalue weighted by Gasteiger charge is 2.31. The summed E-state index contributed by atoms with van der Waals surface area (Å²) in [5.74, 6) is 0. The molecule has 88 valence electrons. The van der Waals surface area contributed by atoms with Crippen LogP contribution in [-0.2, 0) is 17.4 Å². The third-order valence-corrected chi connectivity index (χ3v) is 2.04. The molecule has 0 bridgehead atoms. The second kappa shape index (κ2) is 5.16. The van der Waals surface area contributed by atoms with E-state index >= 15 is 0 Å². The molecule has 0 aliphatic carbocycles. The minimum absolute atomic E-state index is 0.0441. The van der Waals surface area contributed by atoms with Crippen LogP contribution in [0.5, 0.6) is 0 Å². The molecule has 0 N–H and O–H groups in total. The van der Waals surface area contributed by atoms with Crippen molar-refractivity contribution in [3.05, 3.63) is 28.5 Å². The number of pyridine rings is 1. The lowest BCUT2D eigenvalue weighted by atomic mass is 10.2. The molecule has 16 heavy (non-hydrogen) atoms. The fraction of sp³-hybridized carbons (Fsp3) is 0.333. The van der Waals surface area contributed by atoms with Gasteiger partial charge in [-0.05, 0) is 6.07 Å². The summed E-state index contributed by atoms with van der Waals surface area (Å²) >= 11 is 5.65. The van der Waals surface area contributed by atoms with Gasteiger partial charge in [0, 0.05) is 18.8 Å². The summed E-state index contributed by atoms with van der Waals surface area (Å²) in [5.41, 5.74) is -0.555. The quantitative estimate of drug-likeness (QED) is 0.612. The van der Waals surface area contributed by atoms with Gasteiger partial charge in [0.15, 0.2) is 0 Å². The fourth-order valence-electron chi connectivity index (χ4n) is 0.970. The summed E-state index contributed by atoms with van der Waals surface area (Å²) in [6, 6.07) is 0.838. The first kappa shape index (κ1) is 12.8. The highest BCUT2D eigenvalue weighted by atomic mass is 35.5. The zero-order valence-corrected chi connectivity index (χ0v) is 9.01. The standard InChI is InChI=1S/C9H8ClF3N2O/c1-16-15-3-2-8-7(10)4-6(5-14-8)9(11,12)13/h3-5H,2H2,1H3/b15-3+. The number of oxime groups is 1. The topological polar surface area (TPSA) is 34.5 Å². The van der Waals surface area contributed by atoms with E-state index in [1.165, 1.54) is 13.3 Å². The maximum atomic E-state index is 12.3. The Hall–Kier alpha value is -1.30. The summed E-state index contributed by atoms with van der Waals surface area (Å²) in [6.07, 6.45) is -2.12. The van der Waals surface area contributed by atoms with E-state index in [2.05, 4.69) is 15.0 Å². The lowest BCUT2D eigenvalue weighted by Gasteiger charge is -2.07. The van der Waals surface area contributed by atoms with Crippen LogP contribution in [0.1, 0.15) is 11.3 Å². The molecule has 0 aliphatic rings. The van der Waals surface area contributed by atoms with Crippen molar-refractivity contribution in [2.24, 2.45) is 5.16 Å². The van der Waals surface area contributed by atoms with Gasteiger partial charge >= 0.3 is 6.18 Å². The molecule has 1 rings (SSSR count). The van der Waals surface area contributed by atoms with E-state index in [4.69, 9.17) is 11.6 Å². The van der Waals surface area contributed by atoms with Gasteiger partial charge in [-0.15, -0.1) is 0 Å². The lowest BCUT2D eigenvalue weighted by molar-refractivity contribution is -0.137. The van der Waals surface area contributed by atoms with Crippen LogP contribution >= 0.6 is 11.6 Å². The minimum atomic E-state index is -4.43. The van der Waals surface area contributed by atoms with Crippen molar-refractivity contribution in [3.63, 3.8) is 0 Å². The van der Waals surface area contributed by atoms with Crippen LogP contribution < -0.4 is 0 Å². The molecule has 1 heterocycles. The molecule has 0 unspecified atom stereocenters. The van der Waals surface area contributed by atoms with Gasteiger partial charge in [0.2, 0.25) is 0 Å². The number of aromatic nitrogens is 1. The zero-order chi connectivity index (χ0) is 12.2. The Morgan fingerprint density at radius 3 is 2.75 bits per heavy atom. The molecule has 0 saturated carbocycles. The first-order valence-corrected chi connectivity index (χ1v) is 4.59. The van der Waals surface area contributed by atoms with Crippen molar-refractivity contribution in [1.29, 1.82) is 0 Å². The molecule has 0 saturated heterocycles. The molecule has 3 nitrogen and oxygen atoms in total. The number of rotatable bonds is 3. The molecule has 0 atom stereocenters. The van der Waals surface area contributed by atoms with Crippen molar-refractivity contribution in [2.45, 2.75) is 12.6 Å². The third kappa shape index (κ3) is 3.37. The first-order chi connectivity index (χ1) is 7.45. The van der Waals surface area contributed by atoms with Crippen LogP contribution in [0.3, 0.4) is 0 Å². The van der Waals surface area contributed by atoms with Crippen molar-refractivity contribution in [3.8, 4) is 0 Å². The predicted octanol–water partition coefficient (Wildman–Crippen LogP) is 2.93. The van der Waals surface area contributed by atoms with Gasteiger partial charge in [0.25, 0.3) is 0 Å². The average Bonchev–Trinajstić information content (AvgIpc) is 2.19. The van der Waals surface area contributed by atoms with Gasteiger partial charge < -0.3 is 4.84 Å². The number of nitrogens with zero attached hydrogens (tertiary/aromatic N) is 2. The summed E-state index contributed by atoms with van der Waals surface area (Å²) in [5, 5.41) is 3.39. The molecule has 0 aliphatic heterocycles. The number of halogens is 4. The Kier molecular flexibility index (Phi) is 4.12. The largest absolute Gasteiger partial charge is 0.417 e. The molecule has 0 radical (unpaired) electrons. The third-order valence-electron chi connectivity index (χ3n) is 1.71. The Morgan fingerprint density at radius 2 is 2.25 bits per heavy atom. The first-order valence-electron chi connectivity index (χ1n) is 4.21. The SMILES string of the molecule is CO/N=C/Cc1ncc(C(F)(F)F)cc1Cl. The van der Waals surface area contributed by atoms with E-state index < -0.39 is 11.7 Å². The minimum Gasteiger partial charge on any atom is -0.399 e. The van der Waals surface area contributed by atoms with Gasteiger partial charge in [-0.3, -0.25) is 4.98 Å². The van der Waals surface area contributed by atoms with Crippen LogP contribution in [0.2, 0.25) is 5.02 Å². The lowest BCUT2D eigenvalue weighted by Crippen LogP contribution is -2.06. The number of hydrogen-bond acceptors (Lipinski definition) is 3. The van der Waals surface area contributed by atoms with Crippen molar-refractivity contribution < 1.29 is 18.0 Å². The van der Waals surface area contributed by atoms with E-state index in [0.717, 1.165) is 12.3 Å². The molecular weight excluding hydrogens is 245 g/mol. The van der Waals surface area contributed by atoms with Crippen molar-refractivity contribution >= 4 is 17.8 Å². The average molecular weight is 253 g/mol. The summed E-state index contributed by atoms with van der Waals surface area (Å²) in [6.45, 7) is 0. The van der Waals surface area contributed by atoms with Crippen LogP contribution in [-0.4, -0.2) is 18.3 Å². The second-order valence-electron chi connectivity index (χ2n) is 2.82. The monoisotopic (exact) mass is 252 g/mol. The highest BCUT2D eigenvalue weighted by molar-refractivity contribution is 6.31. The molecule has 0 spiro atoms. The van der Waals surface area contributed by atoms with Crippen molar-refractivity contribution in [2.75, 3.05) is 7.11 Å². The summed E-state index contributed by atoms with van der Waals surface area (Å²) in [7, 11) is 1.36. The van der Waals surface area contributed by atoms with Crippen LogP contribution in [0.25, 0.3) is 0 Å².